The van der Waals surface area contributed by atoms with Crippen molar-refractivity contribution in [2.45, 2.75) is 17.7 Å². The molecule has 0 atom stereocenters. The van der Waals surface area contributed by atoms with Crippen LogP contribution in [0.2, 0.25) is 0 Å². The van der Waals surface area contributed by atoms with E-state index < -0.39 is 27.0 Å². The third-order valence-corrected chi connectivity index (χ3v) is 6.12. The molecule has 1 heterocycles. The van der Waals surface area contributed by atoms with Crippen molar-refractivity contribution >= 4 is 38.3 Å². The maximum Gasteiger partial charge on any atom is 0.272 e. The second kappa shape index (κ2) is 9.58. The Balaban J connectivity index is 1.54. The summed E-state index contributed by atoms with van der Waals surface area (Å²) >= 11 is 0. The van der Waals surface area contributed by atoms with Gasteiger partial charge in [0.1, 0.15) is 0 Å². The van der Waals surface area contributed by atoms with Crippen LogP contribution in [-0.2, 0) is 26.0 Å². The van der Waals surface area contributed by atoms with Crippen molar-refractivity contribution in [1.29, 1.82) is 0 Å². The number of benzene rings is 2. The molecule has 168 valence electrons. The Morgan fingerprint density at radius 1 is 0.938 bits per heavy atom. The predicted octanol–water partition coefficient (Wildman–Crippen LogP) is -0.188. The van der Waals surface area contributed by atoms with Crippen LogP contribution in [0.25, 0.3) is 10.8 Å². The Kier molecular flexibility index (Phi) is 6.85. The second-order valence-electron chi connectivity index (χ2n) is 6.81. The van der Waals surface area contributed by atoms with E-state index in [1.165, 1.54) is 37.4 Å². The van der Waals surface area contributed by atoms with Crippen molar-refractivity contribution in [1.82, 2.24) is 20.2 Å². The van der Waals surface area contributed by atoms with Crippen LogP contribution in [0.4, 0.5) is 5.69 Å². The second-order valence-corrected chi connectivity index (χ2v) is 8.70. The maximum atomic E-state index is 12.2. The molecule has 0 spiro atoms. The molecule has 2 amide bonds. The number of aryl methyl sites for hydroxylation is 1. The molecule has 0 bridgehead atoms. The molecule has 12 heteroatoms. The molecular weight excluding hydrogens is 438 g/mol. The first kappa shape index (κ1) is 22.9. The molecule has 0 saturated heterocycles. The largest absolute Gasteiger partial charge is 0.347 e. The van der Waals surface area contributed by atoms with Gasteiger partial charge in [-0.2, -0.15) is 0 Å². The maximum absolute atomic E-state index is 12.2. The van der Waals surface area contributed by atoms with Crippen molar-refractivity contribution in [2.75, 3.05) is 18.9 Å². The Bertz CT molecular complexity index is 1380. The highest BCUT2D eigenvalue weighted by molar-refractivity contribution is 7.89. The number of rotatable bonds is 8. The van der Waals surface area contributed by atoms with Crippen LogP contribution in [0.5, 0.6) is 0 Å². The van der Waals surface area contributed by atoms with Crippen LogP contribution in [0, 0.1) is 0 Å². The molecular formula is C20H21N5O6S. The molecule has 5 N–H and O–H groups in total. The average Bonchev–Trinajstić information content (AvgIpc) is 2.79. The van der Waals surface area contributed by atoms with Crippen LogP contribution < -0.4 is 26.5 Å². The molecule has 11 nitrogen and oxygen atoms in total. The third kappa shape index (κ3) is 5.28. The fraction of sp³-hybridized carbons (Fsp3) is 0.200. The van der Waals surface area contributed by atoms with Gasteiger partial charge in [0.15, 0.2) is 0 Å². The van der Waals surface area contributed by atoms with Gasteiger partial charge in [0.2, 0.25) is 21.8 Å². The highest BCUT2D eigenvalue weighted by atomic mass is 32.2. The summed E-state index contributed by atoms with van der Waals surface area (Å²) in [4.78, 5) is 48.2. The lowest BCUT2D eigenvalue weighted by Gasteiger charge is -2.09. The van der Waals surface area contributed by atoms with E-state index in [0.29, 0.717) is 6.42 Å². The van der Waals surface area contributed by atoms with Crippen LogP contribution in [0.3, 0.4) is 0 Å². The van der Waals surface area contributed by atoms with Gasteiger partial charge in [0.05, 0.1) is 27.9 Å². The van der Waals surface area contributed by atoms with Gasteiger partial charge in [-0.25, -0.2) is 13.1 Å². The normalized spacial score (nSPS) is 11.3. The highest BCUT2D eigenvalue weighted by Gasteiger charge is 2.13. The zero-order chi connectivity index (χ0) is 23.3. The van der Waals surface area contributed by atoms with E-state index in [-0.39, 0.29) is 40.2 Å². The Morgan fingerprint density at radius 2 is 1.62 bits per heavy atom. The number of amides is 2. The third-order valence-electron chi connectivity index (χ3n) is 4.69. The monoisotopic (exact) mass is 459 g/mol. The van der Waals surface area contributed by atoms with E-state index in [1.54, 1.807) is 12.1 Å². The number of fused-ring (bicyclic) bond motifs is 1. The number of aromatic amines is 2. The van der Waals surface area contributed by atoms with E-state index in [2.05, 4.69) is 25.6 Å². The summed E-state index contributed by atoms with van der Waals surface area (Å²) in [5.74, 6) is -0.938. The van der Waals surface area contributed by atoms with Crippen LogP contribution in [0.15, 0.2) is 56.9 Å². The summed E-state index contributed by atoms with van der Waals surface area (Å²) in [6.45, 7) is -0.324. The summed E-state index contributed by atoms with van der Waals surface area (Å²) < 4.78 is 25.7. The average molecular weight is 459 g/mol. The summed E-state index contributed by atoms with van der Waals surface area (Å²) in [5.41, 5.74) is -0.140. The molecule has 0 aliphatic heterocycles. The highest BCUT2D eigenvalue weighted by Crippen LogP contribution is 2.16. The summed E-state index contributed by atoms with van der Waals surface area (Å²) in [7, 11) is -2.20. The van der Waals surface area contributed by atoms with Gasteiger partial charge in [-0.1, -0.05) is 18.2 Å². The van der Waals surface area contributed by atoms with Gasteiger partial charge >= 0.3 is 0 Å². The fourth-order valence-electron chi connectivity index (χ4n) is 3.01. The molecule has 0 aliphatic rings. The minimum atomic E-state index is -3.52. The van der Waals surface area contributed by atoms with Crippen molar-refractivity contribution in [3.05, 3.63) is 68.7 Å². The minimum Gasteiger partial charge on any atom is -0.347 e. The Hall–Kier alpha value is -3.77. The van der Waals surface area contributed by atoms with Crippen LogP contribution >= 0.6 is 0 Å². The molecule has 3 rings (SSSR count). The zero-order valence-electron chi connectivity index (χ0n) is 17.0. The quantitative estimate of drug-likeness (QED) is 0.313. The first-order valence-corrected chi connectivity index (χ1v) is 11.0. The van der Waals surface area contributed by atoms with Gasteiger partial charge in [-0.15, -0.1) is 0 Å². The van der Waals surface area contributed by atoms with Crippen molar-refractivity contribution in [2.24, 2.45) is 0 Å². The number of hydrogen-bond donors (Lipinski definition) is 5. The van der Waals surface area contributed by atoms with Gasteiger partial charge in [-0.3, -0.25) is 29.4 Å². The molecule has 0 aliphatic carbocycles. The van der Waals surface area contributed by atoms with Gasteiger partial charge in [0.25, 0.3) is 11.1 Å². The number of carbonyl (C=O) groups excluding carboxylic acids is 2. The first-order valence-electron chi connectivity index (χ1n) is 9.54. The SMILES string of the molecule is CNS(=O)(=O)c1ccc(CCC(=O)NCC(=O)Nc2cccc3c(=O)[nH][nH]c(=O)c23)cc1. The van der Waals surface area contributed by atoms with E-state index in [0.717, 1.165) is 5.56 Å². The Morgan fingerprint density at radius 3 is 2.31 bits per heavy atom. The number of H-pyrrole nitrogens is 2. The van der Waals surface area contributed by atoms with Gasteiger partial charge in [-0.05, 0) is 43.3 Å². The standard InChI is InChI=1S/C20H21N5O6S/c1-21-32(30,31)13-8-5-12(6-9-13)7-10-16(26)22-11-17(27)23-15-4-2-3-14-18(15)20(29)25-24-19(14)28/h2-6,8-9,21H,7,10-11H2,1H3,(H,22,26)(H,23,27)(H,24,28)(H,25,29). The van der Waals surface area contributed by atoms with Crippen molar-refractivity contribution in [3.8, 4) is 0 Å². The lowest BCUT2D eigenvalue weighted by molar-refractivity contribution is -0.124. The summed E-state index contributed by atoms with van der Waals surface area (Å²) in [5, 5.41) is 9.58. The number of aromatic nitrogens is 2. The zero-order valence-corrected chi connectivity index (χ0v) is 17.8. The number of sulfonamides is 1. The molecule has 0 saturated carbocycles. The first-order chi connectivity index (χ1) is 15.2. The van der Waals surface area contributed by atoms with Gasteiger partial charge < -0.3 is 10.6 Å². The molecule has 2 aromatic carbocycles. The summed E-state index contributed by atoms with van der Waals surface area (Å²) in [6.07, 6.45) is 0.448. The number of carbonyl (C=O) groups is 2. The molecule has 32 heavy (non-hydrogen) atoms. The van der Waals surface area contributed by atoms with Crippen LogP contribution in [-0.4, -0.2) is 44.0 Å². The van der Waals surface area contributed by atoms with Crippen LogP contribution in [0.1, 0.15) is 12.0 Å². The molecule has 0 radical (unpaired) electrons. The lowest BCUT2D eigenvalue weighted by Crippen LogP contribution is -2.33. The Labute approximate surface area is 182 Å². The minimum absolute atomic E-state index is 0.0414. The van der Waals surface area contributed by atoms with E-state index in [4.69, 9.17) is 0 Å². The number of hydrogen-bond acceptors (Lipinski definition) is 6. The van der Waals surface area contributed by atoms with Crippen molar-refractivity contribution < 1.29 is 18.0 Å². The summed E-state index contributed by atoms with van der Waals surface area (Å²) in [6, 6.07) is 10.6. The lowest BCUT2D eigenvalue weighted by atomic mass is 10.1. The predicted molar refractivity (Wildman–Crippen MR) is 118 cm³/mol. The van der Waals surface area contributed by atoms with E-state index in [1.807, 2.05) is 0 Å². The molecule has 0 fully saturated rings. The topological polar surface area (TPSA) is 170 Å². The van der Waals surface area contributed by atoms with E-state index in [9.17, 15) is 27.6 Å². The smallest absolute Gasteiger partial charge is 0.272 e. The van der Waals surface area contributed by atoms with E-state index >= 15 is 0 Å². The fourth-order valence-corrected chi connectivity index (χ4v) is 3.74. The molecule has 1 aromatic heterocycles. The molecule has 3 aromatic rings. The van der Waals surface area contributed by atoms with Gasteiger partial charge in [0, 0.05) is 6.42 Å². The number of anilines is 1. The van der Waals surface area contributed by atoms with Crippen molar-refractivity contribution in [3.63, 3.8) is 0 Å². The number of nitrogens with one attached hydrogen (secondary N) is 5. The molecule has 0 unspecified atom stereocenters.